The second kappa shape index (κ2) is 32.6. The molecule has 0 aliphatic carbocycles. The zero-order valence-corrected chi connectivity index (χ0v) is 31.1. The molecule has 274 valence electrons. The largest absolute Gasteiger partial charge is 0.469 e. The van der Waals surface area contributed by atoms with E-state index < -0.39 is 32.5 Å². The van der Waals surface area contributed by atoms with Crippen LogP contribution in [0.5, 0.6) is 0 Å². The zero-order valence-electron chi connectivity index (χ0n) is 30.2. The summed E-state index contributed by atoms with van der Waals surface area (Å²) < 4.78 is 26.2. The monoisotopic (exact) mass is 677 g/mol. The molecule has 0 aromatic carbocycles. The molecule has 8 nitrogen and oxygen atoms in total. The third kappa shape index (κ3) is 35.9. The van der Waals surface area contributed by atoms with Crippen molar-refractivity contribution in [3.8, 4) is 0 Å². The van der Waals surface area contributed by atoms with Crippen LogP contribution < -0.4 is 0 Å². The number of ether oxygens (including phenoxy) is 2. The Bertz CT molecular complexity index is 739. The van der Waals surface area contributed by atoms with E-state index in [-0.39, 0.29) is 19.4 Å². The first-order valence-electron chi connectivity index (χ1n) is 19.2. The molecule has 0 bridgehead atoms. The number of carbonyl (C=O) groups is 2. The SMILES string of the molecule is CCCCCCCCCC(=O)O[C@H](COC(=O)CCCCCCCCCCCCCCCCCCCCC(C)C)COP(=O)(O)O. The van der Waals surface area contributed by atoms with Gasteiger partial charge in [-0.15, -0.1) is 0 Å². The molecular weight excluding hydrogens is 603 g/mol. The van der Waals surface area contributed by atoms with Crippen molar-refractivity contribution in [1.82, 2.24) is 0 Å². The van der Waals surface area contributed by atoms with Gasteiger partial charge >= 0.3 is 19.8 Å². The lowest BCUT2D eigenvalue weighted by Gasteiger charge is -2.18. The number of carbonyl (C=O) groups excluding carboxylic acids is 2. The van der Waals surface area contributed by atoms with Gasteiger partial charge in [-0.05, 0) is 18.8 Å². The number of esters is 2. The molecule has 0 aromatic rings. The van der Waals surface area contributed by atoms with Crippen LogP contribution in [0.15, 0.2) is 0 Å². The second-order valence-electron chi connectivity index (χ2n) is 13.7. The van der Waals surface area contributed by atoms with Crippen LogP contribution in [-0.4, -0.2) is 41.0 Å². The van der Waals surface area contributed by atoms with Gasteiger partial charge in [0.25, 0.3) is 0 Å². The predicted octanol–water partition coefficient (Wildman–Crippen LogP) is 11.1. The molecule has 0 spiro atoms. The third-order valence-corrected chi connectivity index (χ3v) is 9.04. The molecular formula is C37H73O8P. The number of hydrogen-bond acceptors (Lipinski definition) is 6. The third-order valence-electron chi connectivity index (χ3n) is 8.55. The van der Waals surface area contributed by atoms with Crippen molar-refractivity contribution in [2.75, 3.05) is 13.2 Å². The van der Waals surface area contributed by atoms with Crippen LogP contribution in [-0.2, 0) is 28.2 Å². The van der Waals surface area contributed by atoms with Gasteiger partial charge in [-0.3, -0.25) is 14.1 Å². The molecule has 0 aromatic heterocycles. The maximum Gasteiger partial charge on any atom is 0.469 e. The molecule has 0 unspecified atom stereocenters. The number of rotatable bonds is 35. The molecule has 0 saturated heterocycles. The summed E-state index contributed by atoms with van der Waals surface area (Å²) in [6.45, 7) is 5.99. The summed E-state index contributed by atoms with van der Waals surface area (Å²) in [6.07, 6.45) is 31.4. The Labute approximate surface area is 283 Å². The molecule has 1 atom stereocenters. The Kier molecular flexibility index (Phi) is 31.9. The Balaban J connectivity index is 3.75. The molecule has 0 amide bonds. The van der Waals surface area contributed by atoms with E-state index in [0.29, 0.717) is 6.42 Å². The summed E-state index contributed by atoms with van der Waals surface area (Å²) >= 11 is 0. The van der Waals surface area contributed by atoms with Crippen LogP contribution in [0.3, 0.4) is 0 Å². The summed E-state index contributed by atoms with van der Waals surface area (Å²) in [5.74, 6) is -0.0290. The van der Waals surface area contributed by atoms with Crippen LogP contribution >= 0.6 is 7.82 Å². The first-order valence-corrected chi connectivity index (χ1v) is 20.7. The van der Waals surface area contributed by atoms with E-state index in [2.05, 4.69) is 25.3 Å². The lowest BCUT2D eigenvalue weighted by atomic mass is 10.0. The van der Waals surface area contributed by atoms with Gasteiger partial charge < -0.3 is 19.3 Å². The fourth-order valence-electron chi connectivity index (χ4n) is 5.68. The topological polar surface area (TPSA) is 119 Å². The summed E-state index contributed by atoms with van der Waals surface area (Å²) in [6, 6.07) is 0. The molecule has 0 rings (SSSR count). The Hall–Kier alpha value is -0.950. The fourth-order valence-corrected chi connectivity index (χ4v) is 6.04. The smallest absolute Gasteiger partial charge is 0.462 e. The van der Waals surface area contributed by atoms with Gasteiger partial charge in [-0.1, -0.05) is 175 Å². The van der Waals surface area contributed by atoms with E-state index in [1.165, 1.54) is 122 Å². The number of hydrogen-bond donors (Lipinski definition) is 2. The summed E-state index contributed by atoms with van der Waals surface area (Å²) in [5, 5.41) is 0. The maximum absolute atomic E-state index is 12.2. The Morgan fingerprint density at radius 2 is 0.913 bits per heavy atom. The van der Waals surface area contributed by atoms with Gasteiger partial charge in [-0.25, -0.2) is 4.57 Å². The van der Waals surface area contributed by atoms with Crippen molar-refractivity contribution in [3.63, 3.8) is 0 Å². The molecule has 0 aliphatic heterocycles. The van der Waals surface area contributed by atoms with Crippen LogP contribution in [0.1, 0.15) is 201 Å². The van der Waals surface area contributed by atoms with Gasteiger partial charge in [0.05, 0.1) is 6.61 Å². The highest BCUT2D eigenvalue weighted by Crippen LogP contribution is 2.36. The molecule has 46 heavy (non-hydrogen) atoms. The lowest BCUT2D eigenvalue weighted by molar-refractivity contribution is -0.161. The van der Waals surface area contributed by atoms with Crippen molar-refractivity contribution >= 4 is 19.8 Å². The number of unbranched alkanes of at least 4 members (excludes halogenated alkanes) is 23. The zero-order chi connectivity index (χ0) is 34.1. The Morgan fingerprint density at radius 1 is 0.543 bits per heavy atom. The minimum Gasteiger partial charge on any atom is -0.462 e. The van der Waals surface area contributed by atoms with Gasteiger partial charge in [0.1, 0.15) is 6.61 Å². The van der Waals surface area contributed by atoms with Crippen molar-refractivity contribution in [3.05, 3.63) is 0 Å². The molecule has 0 aliphatic rings. The van der Waals surface area contributed by atoms with E-state index in [4.69, 9.17) is 19.3 Å². The van der Waals surface area contributed by atoms with E-state index in [1.807, 2.05) is 0 Å². The normalized spacial score (nSPS) is 12.5. The van der Waals surface area contributed by atoms with Gasteiger partial charge in [0, 0.05) is 12.8 Å². The minimum atomic E-state index is -4.73. The molecule has 0 fully saturated rings. The molecule has 0 saturated carbocycles. The van der Waals surface area contributed by atoms with E-state index in [9.17, 15) is 14.2 Å². The van der Waals surface area contributed by atoms with Crippen molar-refractivity contribution in [2.24, 2.45) is 5.92 Å². The van der Waals surface area contributed by atoms with E-state index >= 15 is 0 Å². The van der Waals surface area contributed by atoms with Crippen molar-refractivity contribution in [1.29, 1.82) is 0 Å². The van der Waals surface area contributed by atoms with Crippen molar-refractivity contribution in [2.45, 2.75) is 207 Å². The highest BCUT2D eigenvalue weighted by Gasteiger charge is 2.22. The minimum absolute atomic E-state index is 0.215. The second-order valence-corrected chi connectivity index (χ2v) is 15.0. The van der Waals surface area contributed by atoms with Crippen LogP contribution in [0.4, 0.5) is 0 Å². The van der Waals surface area contributed by atoms with E-state index in [0.717, 1.165) is 44.4 Å². The standard InChI is InChI=1S/C37H73O8P/c1-4-5-6-7-20-25-28-31-37(39)45-35(33-44-46(40,41)42)32-43-36(38)30-27-24-22-19-17-15-13-11-9-8-10-12-14-16-18-21-23-26-29-34(2)3/h34-35H,4-33H2,1-3H3,(H2,40,41,42)/t35-/m1/s1. The fraction of sp³-hybridized carbons (Fsp3) is 0.946. The molecule has 9 heteroatoms. The highest BCUT2D eigenvalue weighted by atomic mass is 31.2. The van der Waals surface area contributed by atoms with Crippen LogP contribution in [0.2, 0.25) is 0 Å². The molecule has 0 radical (unpaired) electrons. The lowest BCUT2D eigenvalue weighted by Crippen LogP contribution is -2.29. The maximum atomic E-state index is 12.2. The quantitative estimate of drug-likeness (QED) is 0.0387. The first-order chi connectivity index (χ1) is 22.1. The molecule has 2 N–H and O–H groups in total. The Morgan fingerprint density at radius 3 is 1.30 bits per heavy atom. The highest BCUT2D eigenvalue weighted by molar-refractivity contribution is 7.46. The average Bonchev–Trinajstić information content (AvgIpc) is 3.00. The van der Waals surface area contributed by atoms with Crippen LogP contribution in [0, 0.1) is 5.92 Å². The first kappa shape index (κ1) is 45.0. The number of phosphoric acid groups is 1. The number of phosphoric ester groups is 1. The summed E-state index contributed by atoms with van der Waals surface area (Å²) in [4.78, 5) is 42.4. The average molecular weight is 677 g/mol. The summed E-state index contributed by atoms with van der Waals surface area (Å²) in [5.41, 5.74) is 0. The van der Waals surface area contributed by atoms with Gasteiger partial charge in [0.15, 0.2) is 6.10 Å². The summed E-state index contributed by atoms with van der Waals surface area (Å²) in [7, 11) is -4.73. The van der Waals surface area contributed by atoms with E-state index in [1.54, 1.807) is 0 Å². The van der Waals surface area contributed by atoms with Crippen molar-refractivity contribution < 1.29 is 37.9 Å². The van der Waals surface area contributed by atoms with Gasteiger partial charge in [-0.2, -0.15) is 0 Å². The predicted molar refractivity (Wildman–Crippen MR) is 189 cm³/mol. The van der Waals surface area contributed by atoms with Crippen LogP contribution in [0.25, 0.3) is 0 Å². The molecule has 0 heterocycles. The van der Waals surface area contributed by atoms with Gasteiger partial charge in [0.2, 0.25) is 0 Å².